The van der Waals surface area contributed by atoms with E-state index < -0.39 is 11.0 Å². The molecule has 5 rings (SSSR count). The first-order valence-corrected chi connectivity index (χ1v) is 10.4. The second-order valence-electron chi connectivity index (χ2n) is 7.76. The van der Waals surface area contributed by atoms with Crippen LogP contribution in [0.4, 0.5) is 5.69 Å². The maximum Gasteiger partial charge on any atom is 0.273 e. The first kappa shape index (κ1) is 20.4. The standard InChI is InChI=1S/C25H20N4O4/c1-33-20-13-7-16(8-14-20)15-28-24(18-9-11-19(12-10-18)29(31)32)21-22(17-5-3-2-4-6-17)26-27-23(21)25(28)30/h2-14,24H,15H2,1H3,(H,26,27). The number of nitro benzene ring substituents is 1. The van der Waals surface area contributed by atoms with Crippen molar-refractivity contribution < 1.29 is 14.5 Å². The zero-order chi connectivity index (χ0) is 22.9. The van der Waals surface area contributed by atoms with Crippen LogP contribution in [-0.4, -0.2) is 33.0 Å². The number of H-pyrrole nitrogens is 1. The fourth-order valence-corrected chi connectivity index (χ4v) is 4.23. The molecule has 1 amide bonds. The van der Waals surface area contributed by atoms with Crippen LogP contribution >= 0.6 is 0 Å². The van der Waals surface area contributed by atoms with Crippen LogP contribution in [0.15, 0.2) is 78.9 Å². The lowest BCUT2D eigenvalue weighted by atomic mass is 9.95. The number of nitrogens with one attached hydrogen (secondary N) is 1. The van der Waals surface area contributed by atoms with Gasteiger partial charge in [0.1, 0.15) is 11.4 Å². The Hall–Kier alpha value is -4.46. The molecule has 2 heterocycles. The number of amides is 1. The molecule has 0 saturated heterocycles. The maximum atomic E-state index is 13.4. The predicted molar refractivity (Wildman–Crippen MR) is 122 cm³/mol. The van der Waals surface area contributed by atoms with Crippen molar-refractivity contribution in [2.75, 3.05) is 7.11 Å². The van der Waals surface area contributed by atoms with Crippen molar-refractivity contribution in [3.05, 3.63) is 111 Å². The maximum absolute atomic E-state index is 13.4. The van der Waals surface area contributed by atoms with Gasteiger partial charge in [-0.05, 0) is 35.4 Å². The van der Waals surface area contributed by atoms with Gasteiger partial charge in [0.15, 0.2) is 0 Å². The van der Waals surface area contributed by atoms with Crippen LogP contribution in [0.2, 0.25) is 0 Å². The van der Waals surface area contributed by atoms with E-state index in [4.69, 9.17) is 4.74 Å². The Kier molecular flexibility index (Phi) is 5.10. The average molecular weight is 440 g/mol. The number of hydrogen-bond acceptors (Lipinski definition) is 5. The van der Waals surface area contributed by atoms with Gasteiger partial charge in [-0.2, -0.15) is 5.10 Å². The molecule has 33 heavy (non-hydrogen) atoms. The number of rotatable bonds is 6. The minimum Gasteiger partial charge on any atom is -0.497 e. The van der Waals surface area contributed by atoms with Crippen LogP contribution in [0.5, 0.6) is 5.75 Å². The van der Waals surface area contributed by atoms with Crippen molar-refractivity contribution in [3.63, 3.8) is 0 Å². The van der Waals surface area contributed by atoms with Gasteiger partial charge in [-0.15, -0.1) is 0 Å². The number of carbonyl (C=O) groups excluding carboxylic acids is 1. The molecule has 1 atom stereocenters. The van der Waals surface area contributed by atoms with E-state index in [1.54, 1.807) is 24.1 Å². The second kappa shape index (κ2) is 8.23. The number of methoxy groups -OCH3 is 1. The molecule has 0 fully saturated rings. The lowest BCUT2D eigenvalue weighted by Gasteiger charge is -2.26. The number of benzene rings is 3. The fourth-order valence-electron chi connectivity index (χ4n) is 4.23. The molecule has 8 nitrogen and oxygen atoms in total. The summed E-state index contributed by atoms with van der Waals surface area (Å²) in [6.45, 7) is 0.362. The van der Waals surface area contributed by atoms with Crippen LogP contribution in [0.25, 0.3) is 11.3 Å². The van der Waals surface area contributed by atoms with Crippen LogP contribution in [0, 0.1) is 10.1 Å². The molecule has 0 aliphatic carbocycles. The number of aromatic nitrogens is 2. The van der Waals surface area contributed by atoms with Gasteiger partial charge in [0.25, 0.3) is 11.6 Å². The van der Waals surface area contributed by atoms with Gasteiger partial charge in [-0.1, -0.05) is 42.5 Å². The van der Waals surface area contributed by atoms with Crippen molar-refractivity contribution in [1.29, 1.82) is 0 Å². The first-order valence-electron chi connectivity index (χ1n) is 10.4. The molecule has 0 spiro atoms. The quantitative estimate of drug-likeness (QED) is 0.345. The van der Waals surface area contributed by atoms with Gasteiger partial charge >= 0.3 is 0 Å². The van der Waals surface area contributed by atoms with Gasteiger partial charge in [-0.3, -0.25) is 20.0 Å². The highest BCUT2D eigenvalue weighted by Crippen LogP contribution is 2.43. The molecule has 1 unspecified atom stereocenters. The molecule has 1 N–H and O–H groups in total. The van der Waals surface area contributed by atoms with Gasteiger partial charge in [0.05, 0.1) is 23.8 Å². The van der Waals surface area contributed by atoms with Gasteiger partial charge in [0, 0.05) is 29.8 Å². The highest BCUT2D eigenvalue weighted by molar-refractivity contribution is 6.00. The summed E-state index contributed by atoms with van der Waals surface area (Å²) in [5.41, 5.74) is 4.51. The van der Waals surface area contributed by atoms with Crippen LogP contribution in [0.3, 0.4) is 0 Å². The molecule has 0 radical (unpaired) electrons. The van der Waals surface area contributed by atoms with E-state index in [0.29, 0.717) is 17.9 Å². The van der Waals surface area contributed by atoms with E-state index in [2.05, 4.69) is 10.2 Å². The lowest BCUT2D eigenvalue weighted by Crippen LogP contribution is -2.29. The lowest BCUT2D eigenvalue weighted by molar-refractivity contribution is -0.384. The summed E-state index contributed by atoms with van der Waals surface area (Å²) in [6, 6.07) is 23.1. The topological polar surface area (TPSA) is 101 Å². The minimum absolute atomic E-state index is 0.000442. The van der Waals surface area contributed by atoms with Gasteiger partial charge < -0.3 is 9.64 Å². The summed E-state index contributed by atoms with van der Waals surface area (Å²) in [5.74, 6) is 0.568. The molecule has 1 aliphatic rings. The van der Waals surface area contributed by atoms with Crippen LogP contribution < -0.4 is 4.74 Å². The van der Waals surface area contributed by atoms with E-state index in [-0.39, 0.29) is 11.6 Å². The number of ether oxygens (including phenoxy) is 1. The molecule has 8 heteroatoms. The smallest absolute Gasteiger partial charge is 0.273 e. The predicted octanol–water partition coefficient (Wildman–Crippen LogP) is 4.74. The van der Waals surface area contributed by atoms with Crippen LogP contribution in [-0.2, 0) is 6.54 Å². The number of nitro groups is 1. The second-order valence-corrected chi connectivity index (χ2v) is 7.76. The monoisotopic (exact) mass is 440 g/mol. The van der Waals surface area contributed by atoms with Crippen molar-refractivity contribution in [1.82, 2.24) is 15.1 Å². The molecular weight excluding hydrogens is 420 g/mol. The Morgan fingerprint density at radius 1 is 1.03 bits per heavy atom. The van der Waals surface area contributed by atoms with E-state index in [9.17, 15) is 14.9 Å². The van der Waals surface area contributed by atoms with Gasteiger partial charge in [-0.25, -0.2) is 0 Å². The Morgan fingerprint density at radius 2 is 1.73 bits per heavy atom. The zero-order valence-electron chi connectivity index (χ0n) is 17.8. The summed E-state index contributed by atoms with van der Waals surface area (Å²) in [5, 5.41) is 18.5. The number of aromatic amines is 1. The zero-order valence-corrected chi connectivity index (χ0v) is 17.8. The van der Waals surface area contributed by atoms with Crippen molar-refractivity contribution in [3.8, 4) is 17.0 Å². The number of non-ortho nitro benzene ring substituents is 1. The van der Waals surface area contributed by atoms with Gasteiger partial charge in [0.2, 0.25) is 0 Å². The Bertz CT molecular complexity index is 1320. The molecule has 3 aromatic carbocycles. The third kappa shape index (κ3) is 3.61. The molecule has 0 saturated carbocycles. The largest absolute Gasteiger partial charge is 0.497 e. The molecule has 164 valence electrons. The Morgan fingerprint density at radius 3 is 2.36 bits per heavy atom. The van der Waals surface area contributed by atoms with E-state index in [1.165, 1.54) is 12.1 Å². The fraction of sp³-hybridized carbons (Fsp3) is 0.120. The SMILES string of the molecule is COc1ccc(CN2C(=O)c3[nH]nc(-c4ccccc4)c3C2c2ccc([N+](=O)[O-])cc2)cc1. The van der Waals surface area contributed by atoms with Crippen molar-refractivity contribution in [2.45, 2.75) is 12.6 Å². The van der Waals surface area contributed by atoms with Crippen LogP contribution in [0.1, 0.15) is 33.2 Å². The highest BCUT2D eigenvalue weighted by atomic mass is 16.6. The van der Waals surface area contributed by atoms with E-state index in [1.807, 2.05) is 54.6 Å². The molecular formula is C25H20N4O4. The Labute approximate surface area is 189 Å². The number of fused-ring (bicyclic) bond motifs is 1. The average Bonchev–Trinajstić information content (AvgIpc) is 3.39. The number of carbonyl (C=O) groups is 1. The van der Waals surface area contributed by atoms with Crippen molar-refractivity contribution >= 4 is 11.6 Å². The van der Waals surface area contributed by atoms with E-state index in [0.717, 1.165) is 28.0 Å². The summed E-state index contributed by atoms with van der Waals surface area (Å²) < 4.78 is 5.24. The van der Waals surface area contributed by atoms with E-state index >= 15 is 0 Å². The normalized spacial score (nSPS) is 14.9. The summed E-state index contributed by atoms with van der Waals surface area (Å²) in [4.78, 5) is 25.9. The summed E-state index contributed by atoms with van der Waals surface area (Å²) >= 11 is 0. The number of hydrogen-bond donors (Lipinski definition) is 1. The van der Waals surface area contributed by atoms with Crippen molar-refractivity contribution in [2.24, 2.45) is 0 Å². The summed E-state index contributed by atoms with van der Waals surface area (Å²) in [7, 11) is 1.61. The molecule has 1 aromatic heterocycles. The third-order valence-corrected chi connectivity index (χ3v) is 5.84. The Balaban J connectivity index is 1.60. The molecule has 1 aliphatic heterocycles. The third-order valence-electron chi connectivity index (χ3n) is 5.84. The number of nitrogens with zero attached hydrogens (tertiary/aromatic N) is 3. The minimum atomic E-state index is -0.440. The summed E-state index contributed by atoms with van der Waals surface area (Å²) in [6.07, 6.45) is 0. The highest BCUT2D eigenvalue weighted by Gasteiger charge is 2.42. The first-order chi connectivity index (χ1) is 16.1. The molecule has 0 bridgehead atoms. The molecule has 4 aromatic rings.